The van der Waals surface area contributed by atoms with Crippen LogP contribution in [0.2, 0.25) is 0 Å². The molecule has 0 fully saturated rings. The van der Waals surface area contributed by atoms with E-state index in [0.717, 1.165) is 22.4 Å². The van der Waals surface area contributed by atoms with Crippen molar-refractivity contribution in [1.29, 1.82) is 5.41 Å². The zero-order valence-electron chi connectivity index (χ0n) is 10.7. The zero-order valence-corrected chi connectivity index (χ0v) is 12.3. The van der Waals surface area contributed by atoms with E-state index in [1.54, 1.807) is 7.11 Å². The Morgan fingerprint density at radius 1 is 1.56 bits per heavy atom. The molecular formula is C12H19BrN4O. The Morgan fingerprint density at radius 2 is 2.28 bits per heavy atom. The van der Waals surface area contributed by atoms with Gasteiger partial charge < -0.3 is 15.4 Å². The molecule has 0 aliphatic rings. The first-order valence-electron chi connectivity index (χ1n) is 5.73. The lowest BCUT2D eigenvalue weighted by Crippen LogP contribution is -2.31. The maximum absolute atomic E-state index is 7.30. The number of anilines is 1. The van der Waals surface area contributed by atoms with Gasteiger partial charge in [-0.1, -0.05) is 0 Å². The number of pyridine rings is 1. The number of methoxy groups -OCH3 is 1. The van der Waals surface area contributed by atoms with Crippen molar-refractivity contribution in [3.63, 3.8) is 0 Å². The van der Waals surface area contributed by atoms with Crippen LogP contribution in [0.4, 0.5) is 5.82 Å². The van der Waals surface area contributed by atoms with Gasteiger partial charge in [-0.3, -0.25) is 5.41 Å². The molecule has 0 saturated carbocycles. The number of hydrogen-bond donors (Lipinski definition) is 2. The monoisotopic (exact) mass is 314 g/mol. The van der Waals surface area contributed by atoms with Gasteiger partial charge in [-0.15, -0.1) is 0 Å². The van der Waals surface area contributed by atoms with Crippen LogP contribution in [0.25, 0.3) is 0 Å². The largest absolute Gasteiger partial charge is 0.388 e. The van der Waals surface area contributed by atoms with E-state index in [9.17, 15) is 0 Å². The number of aryl methyl sites for hydroxylation is 1. The lowest BCUT2D eigenvalue weighted by atomic mass is 10.3. The second-order valence-electron chi connectivity index (χ2n) is 4.07. The van der Waals surface area contributed by atoms with Gasteiger partial charge in [0.25, 0.3) is 0 Å². The molecule has 0 saturated heterocycles. The molecule has 0 bridgehead atoms. The number of halogens is 1. The van der Waals surface area contributed by atoms with Gasteiger partial charge >= 0.3 is 0 Å². The Morgan fingerprint density at radius 3 is 2.83 bits per heavy atom. The summed E-state index contributed by atoms with van der Waals surface area (Å²) in [6, 6.07) is 2.02. The molecule has 18 heavy (non-hydrogen) atoms. The van der Waals surface area contributed by atoms with Crippen molar-refractivity contribution in [1.82, 2.24) is 4.98 Å². The number of rotatable bonds is 7. The second-order valence-corrected chi connectivity index (χ2v) is 4.93. The fraction of sp³-hybridized carbons (Fsp3) is 0.500. The summed E-state index contributed by atoms with van der Waals surface area (Å²) >= 11 is 3.52. The molecule has 0 amide bonds. The molecule has 0 aliphatic heterocycles. The quantitative estimate of drug-likeness (QED) is 0.595. The summed E-state index contributed by atoms with van der Waals surface area (Å²) in [5.74, 6) is 1.04. The van der Waals surface area contributed by atoms with E-state index in [1.807, 2.05) is 19.2 Å². The predicted molar refractivity (Wildman–Crippen MR) is 77.3 cm³/mol. The topological polar surface area (TPSA) is 75.2 Å². The summed E-state index contributed by atoms with van der Waals surface area (Å²) in [6.07, 6.45) is 2.35. The van der Waals surface area contributed by atoms with Gasteiger partial charge in [-0.25, -0.2) is 4.98 Å². The molecule has 1 heterocycles. The van der Waals surface area contributed by atoms with Crippen LogP contribution < -0.4 is 10.6 Å². The average Bonchev–Trinajstić information content (AvgIpc) is 2.30. The van der Waals surface area contributed by atoms with Crippen molar-refractivity contribution in [2.24, 2.45) is 5.73 Å². The molecule has 0 aromatic carbocycles. The first-order valence-corrected chi connectivity index (χ1v) is 6.53. The number of ether oxygens (including phenoxy) is 1. The number of amidine groups is 1. The Hall–Kier alpha value is -1.14. The summed E-state index contributed by atoms with van der Waals surface area (Å²) in [6.45, 7) is 3.99. The van der Waals surface area contributed by atoms with Gasteiger partial charge in [0, 0.05) is 32.8 Å². The van der Waals surface area contributed by atoms with Crippen LogP contribution in [-0.2, 0) is 4.74 Å². The highest BCUT2D eigenvalue weighted by Crippen LogP contribution is 2.24. The summed E-state index contributed by atoms with van der Waals surface area (Å²) in [4.78, 5) is 6.49. The van der Waals surface area contributed by atoms with E-state index in [1.165, 1.54) is 0 Å². The van der Waals surface area contributed by atoms with Gasteiger partial charge in [-0.2, -0.15) is 0 Å². The third kappa shape index (κ3) is 4.62. The Balaban J connectivity index is 2.82. The Kier molecular flexibility index (Phi) is 6.07. The summed E-state index contributed by atoms with van der Waals surface area (Å²) < 4.78 is 6.04. The molecule has 100 valence electrons. The third-order valence-electron chi connectivity index (χ3n) is 2.47. The zero-order chi connectivity index (χ0) is 13.5. The number of nitrogens with one attached hydrogen (secondary N) is 1. The molecule has 1 aromatic heterocycles. The molecule has 0 aliphatic carbocycles. The van der Waals surface area contributed by atoms with E-state index in [0.29, 0.717) is 19.6 Å². The minimum atomic E-state index is 0.181. The van der Waals surface area contributed by atoms with Gasteiger partial charge in [0.1, 0.15) is 5.82 Å². The number of aromatic nitrogens is 1. The summed E-state index contributed by atoms with van der Waals surface area (Å²) in [5, 5.41) is 7.30. The van der Waals surface area contributed by atoms with Crippen LogP contribution in [0.1, 0.15) is 12.0 Å². The van der Waals surface area contributed by atoms with Crippen LogP contribution in [0, 0.1) is 12.3 Å². The fourth-order valence-corrected chi connectivity index (χ4v) is 2.25. The van der Waals surface area contributed by atoms with Crippen LogP contribution >= 0.6 is 15.9 Å². The van der Waals surface area contributed by atoms with Crippen molar-refractivity contribution < 1.29 is 4.74 Å². The molecule has 5 nitrogen and oxygen atoms in total. The third-order valence-corrected chi connectivity index (χ3v) is 3.06. The number of hydrogen-bond acceptors (Lipinski definition) is 4. The predicted octanol–water partition coefficient (Wildman–Crippen LogP) is 1.93. The van der Waals surface area contributed by atoms with E-state index in [2.05, 4.69) is 25.8 Å². The first kappa shape index (κ1) is 14.9. The maximum Gasteiger partial charge on any atom is 0.142 e. The molecule has 0 unspecified atom stereocenters. The fourth-order valence-electron chi connectivity index (χ4n) is 1.54. The maximum atomic E-state index is 7.30. The highest BCUT2D eigenvalue weighted by molar-refractivity contribution is 9.10. The average molecular weight is 315 g/mol. The van der Waals surface area contributed by atoms with E-state index >= 15 is 0 Å². The highest BCUT2D eigenvalue weighted by atomic mass is 79.9. The molecule has 6 heteroatoms. The van der Waals surface area contributed by atoms with Crippen LogP contribution in [-0.4, -0.2) is 37.6 Å². The molecule has 0 radical (unpaired) electrons. The van der Waals surface area contributed by atoms with Crippen LogP contribution in [0.3, 0.4) is 0 Å². The summed E-state index contributed by atoms with van der Waals surface area (Å²) in [5.41, 5.74) is 6.50. The van der Waals surface area contributed by atoms with Crippen molar-refractivity contribution in [3.05, 3.63) is 22.3 Å². The minimum Gasteiger partial charge on any atom is -0.388 e. The van der Waals surface area contributed by atoms with Crippen molar-refractivity contribution in [2.75, 3.05) is 31.7 Å². The van der Waals surface area contributed by atoms with E-state index in [4.69, 9.17) is 15.9 Å². The minimum absolute atomic E-state index is 0.181. The van der Waals surface area contributed by atoms with Gasteiger partial charge in [0.05, 0.1) is 16.9 Å². The second kappa shape index (κ2) is 7.33. The van der Waals surface area contributed by atoms with Crippen LogP contribution in [0.15, 0.2) is 16.7 Å². The summed E-state index contributed by atoms with van der Waals surface area (Å²) in [7, 11) is 1.67. The SMILES string of the molecule is COCCN(CCC(=N)N)c1ncc(C)cc1Br. The number of nitrogens with zero attached hydrogens (tertiary/aromatic N) is 2. The van der Waals surface area contributed by atoms with Gasteiger partial charge in [0.15, 0.2) is 0 Å². The molecule has 1 rings (SSSR count). The molecule has 0 spiro atoms. The number of nitrogens with two attached hydrogens (primary N) is 1. The van der Waals surface area contributed by atoms with E-state index in [-0.39, 0.29) is 5.84 Å². The molecule has 0 atom stereocenters. The Labute approximate surface area is 116 Å². The highest BCUT2D eigenvalue weighted by Gasteiger charge is 2.12. The smallest absolute Gasteiger partial charge is 0.142 e. The van der Waals surface area contributed by atoms with Gasteiger partial charge in [0.2, 0.25) is 0 Å². The lowest BCUT2D eigenvalue weighted by molar-refractivity contribution is 0.205. The first-order chi connectivity index (χ1) is 8.54. The lowest BCUT2D eigenvalue weighted by Gasteiger charge is -2.24. The van der Waals surface area contributed by atoms with Crippen molar-refractivity contribution in [2.45, 2.75) is 13.3 Å². The van der Waals surface area contributed by atoms with Gasteiger partial charge in [-0.05, 0) is 34.5 Å². The Bertz CT molecular complexity index is 411. The van der Waals surface area contributed by atoms with Crippen molar-refractivity contribution in [3.8, 4) is 0 Å². The standard InChI is InChI=1S/C12H19BrN4O/c1-9-7-10(13)12(16-8-9)17(5-6-18-2)4-3-11(14)15/h7-8H,3-6H2,1-2H3,(H3,14,15). The molecule has 1 aromatic rings. The van der Waals surface area contributed by atoms with Crippen LogP contribution in [0.5, 0.6) is 0 Å². The van der Waals surface area contributed by atoms with E-state index < -0.39 is 0 Å². The molecule has 3 N–H and O–H groups in total. The van der Waals surface area contributed by atoms with Crippen molar-refractivity contribution >= 4 is 27.6 Å². The normalized spacial score (nSPS) is 10.4. The molecular weight excluding hydrogens is 296 g/mol.